The van der Waals surface area contributed by atoms with Crippen LogP contribution in [0.4, 0.5) is 0 Å². The van der Waals surface area contributed by atoms with Crippen LogP contribution in [-0.4, -0.2) is 22.1 Å². The molecule has 1 aromatic carbocycles. The molecule has 0 aliphatic heterocycles. The fourth-order valence-corrected chi connectivity index (χ4v) is 2.99. The molecular weight excluding hydrogens is 222 g/mol. The Morgan fingerprint density at radius 1 is 1.17 bits per heavy atom. The van der Waals surface area contributed by atoms with Gasteiger partial charge in [-0.3, -0.25) is 4.90 Å². The lowest BCUT2D eigenvalue weighted by molar-refractivity contribution is 0.111. The number of benzene rings is 1. The minimum Gasteiger partial charge on any atom is -0.508 e. The highest BCUT2D eigenvalue weighted by Gasteiger charge is 2.23. The van der Waals surface area contributed by atoms with Crippen molar-refractivity contribution in [3.63, 3.8) is 0 Å². The summed E-state index contributed by atoms with van der Waals surface area (Å²) in [6.07, 6.45) is 6.72. The largest absolute Gasteiger partial charge is 0.508 e. The fraction of sp³-hybridized carbons (Fsp3) is 0.625. The smallest absolute Gasteiger partial charge is 0.120 e. The third kappa shape index (κ3) is 3.26. The van der Waals surface area contributed by atoms with Crippen molar-refractivity contribution < 1.29 is 5.11 Å². The van der Waals surface area contributed by atoms with Gasteiger partial charge in [0.2, 0.25) is 0 Å². The van der Waals surface area contributed by atoms with E-state index in [1.807, 2.05) is 18.2 Å². The highest BCUT2D eigenvalue weighted by molar-refractivity contribution is 5.31. The summed E-state index contributed by atoms with van der Waals surface area (Å²) in [6, 6.07) is 8.95. The Hall–Kier alpha value is -1.02. The van der Waals surface area contributed by atoms with E-state index in [0.717, 1.165) is 12.1 Å². The summed E-state index contributed by atoms with van der Waals surface area (Å²) < 4.78 is 0. The third-order valence-corrected chi connectivity index (χ3v) is 4.05. The number of rotatable bonds is 4. The molecule has 0 bridgehead atoms. The van der Waals surface area contributed by atoms with Crippen LogP contribution in [0.25, 0.3) is 0 Å². The molecule has 1 N–H and O–H groups in total. The molecule has 1 aliphatic rings. The number of phenols is 1. The molecule has 0 saturated heterocycles. The summed E-state index contributed by atoms with van der Waals surface area (Å²) in [5.41, 5.74) is 1.05. The number of para-hydroxylation sites is 1. The number of aromatic hydroxyl groups is 1. The van der Waals surface area contributed by atoms with E-state index in [0.29, 0.717) is 17.8 Å². The first kappa shape index (κ1) is 13.4. The van der Waals surface area contributed by atoms with Gasteiger partial charge in [0, 0.05) is 24.2 Å². The summed E-state index contributed by atoms with van der Waals surface area (Å²) in [6.45, 7) is 5.39. The fourth-order valence-electron chi connectivity index (χ4n) is 2.99. The standard InChI is InChI=1S/C16H25NO/c1-13(2)17(15-9-4-3-5-10-15)12-14-8-6-7-11-16(14)18/h6-8,11,13,15,18H,3-5,9-10,12H2,1-2H3. The van der Waals surface area contributed by atoms with Crippen molar-refractivity contribution in [2.45, 2.75) is 64.6 Å². The zero-order valence-electron chi connectivity index (χ0n) is 11.6. The van der Waals surface area contributed by atoms with E-state index in [-0.39, 0.29) is 0 Å². The van der Waals surface area contributed by atoms with Crippen molar-refractivity contribution in [3.05, 3.63) is 29.8 Å². The zero-order chi connectivity index (χ0) is 13.0. The third-order valence-electron chi connectivity index (χ3n) is 4.05. The van der Waals surface area contributed by atoms with E-state index < -0.39 is 0 Å². The van der Waals surface area contributed by atoms with E-state index in [1.54, 1.807) is 6.07 Å². The van der Waals surface area contributed by atoms with E-state index in [4.69, 9.17) is 0 Å². The van der Waals surface area contributed by atoms with Crippen molar-refractivity contribution in [2.24, 2.45) is 0 Å². The van der Waals surface area contributed by atoms with Crippen molar-refractivity contribution >= 4 is 0 Å². The maximum absolute atomic E-state index is 9.91. The molecule has 2 rings (SSSR count). The van der Waals surface area contributed by atoms with Gasteiger partial charge in [-0.25, -0.2) is 0 Å². The molecule has 0 spiro atoms. The number of nitrogens with zero attached hydrogens (tertiary/aromatic N) is 1. The number of phenolic OH excluding ortho intramolecular Hbond substituents is 1. The van der Waals surface area contributed by atoms with Crippen molar-refractivity contribution in [2.75, 3.05) is 0 Å². The summed E-state index contributed by atoms with van der Waals surface area (Å²) >= 11 is 0. The van der Waals surface area contributed by atoms with Gasteiger partial charge in [-0.1, -0.05) is 37.5 Å². The molecule has 0 aromatic heterocycles. The van der Waals surface area contributed by atoms with Gasteiger partial charge in [0.1, 0.15) is 5.75 Å². The van der Waals surface area contributed by atoms with Gasteiger partial charge >= 0.3 is 0 Å². The normalized spacial score (nSPS) is 17.6. The minimum atomic E-state index is 0.430. The highest BCUT2D eigenvalue weighted by atomic mass is 16.3. The van der Waals surface area contributed by atoms with Crippen LogP contribution >= 0.6 is 0 Å². The second kappa shape index (κ2) is 6.24. The second-order valence-electron chi connectivity index (χ2n) is 5.69. The maximum atomic E-state index is 9.91. The van der Waals surface area contributed by atoms with Crippen LogP contribution in [0.5, 0.6) is 5.75 Å². The van der Waals surface area contributed by atoms with Gasteiger partial charge in [0.25, 0.3) is 0 Å². The van der Waals surface area contributed by atoms with Gasteiger partial charge in [-0.2, -0.15) is 0 Å². The average molecular weight is 247 g/mol. The first-order valence-electron chi connectivity index (χ1n) is 7.21. The van der Waals surface area contributed by atoms with Crippen molar-refractivity contribution in [3.8, 4) is 5.75 Å². The highest BCUT2D eigenvalue weighted by Crippen LogP contribution is 2.27. The topological polar surface area (TPSA) is 23.5 Å². The van der Waals surface area contributed by atoms with Crippen molar-refractivity contribution in [1.29, 1.82) is 0 Å². The van der Waals surface area contributed by atoms with Gasteiger partial charge in [-0.15, -0.1) is 0 Å². The van der Waals surface area contributed by atoms with Gasteiger partial charge in [0.05, 0.1) is 0 Å². The molecule has 18 heavy (non-hydrogen) atoms. The average Bonchev–Trinajstić information content (AvgIpc) is 2.38. The van der Waals surface area contributed by atoms with Crippen molar-refractivity contribution in [1.82, 2.24) is 4.90 Å². The summed E-state index contributed by atoms with van der Waals surface area (Å²) in [5, 5.41) is 9.91. The molecule has 1 aromatic rings. The number of hydrogen-bond donors (Lipinski definition) is 1. The van der Waals surface area contributed by atoms with Gasteiger partial charge < -0.3 is 5.11 Å². The number of hydrogen-bond acceptors (Lipinski definition) is 2. The molecular formula is C16H25NO. The monoisotopic (exact) mass is 247 g/mol. The Kier molecular flexibility index (Phi) is 4.65. The molecule has 0 amide bonds. The molecule has 100 valence electrons. The molecule has 0 unspecified atom stereocenters. The van der Waals surface area contributed by atoms with Crippen LogP contribution < -0.4 is 0 Å². The van der Waals surface area contributed by atoms with Crippen LogP contribution in [0.15, 0.2) is 24.3 Å². The van der Waals surface area contributed by atoms with E-state index in [2.05, 4.69) is 18.7 Å². The molecule has 1 fully saturated rings. The van der Waals surface area contributed by atoms with E-state index in [1.165, 1.54) is 32.1 Å². The van der Waals surface area contributed by atoms with Crippen LogP contribution in [0.2, 0.25) is 0 Å². The summed E-state index contributed by atoms with van der Waals surface area (Å²) in [4.78, 5) is 2.55. The van der Waals surface area contributed by atoms with Gasteiger partial charge in [0.15, 0.2) is 0 Å². The van der Waals surface area contributed by atoms with Crippen LogP contribution in [0.1, 0.15) is 51.5 Å². The predicted molar refractivity (Wildman–Crippen MR) is 75.7 cm³/mol. The SMILES string of the molecule is CC(C)N(Cc1ccccc1O)C1CCCCC1. The molecule has 0 atom stereocenters. The quantitative estimate of drug-likeness (QED) is 0.871. The van der Waals surface area contributed by atoms with Crippen LogP contribution in [0, 0.1) is 0 Å². The Balaban J connectivity index is 2.08. The van der Waals surface area contributed by atoms with Crippen LogP contribution in [0.3, 0.4) is 0 Å². The Morgan fingerprint density at radius 2 is 1.83 bits per heavy atom. The molecule has 2 heteroatoms. The van der Waals surface area contributed by atoms with Gasteiger partial charge in [-0.05, 0) is 32.8 Å². The van der Waals surface area contributed by atoms with E-state index in [9.17, 15) is 5.11 Å². The molecule has 0 radical (unpaired) electrons. The van der Waals surface area contributed by atoms with E-state index >= 15 is 0 Å². The lowest BCUT2D eigenvalue weighted by Crippen LogP contribution is -2.41. The Bertz CT molecular complexity index is 369. The second-order valence-corrected chi connectivity index (χ2v) is 5.69. The molecule has 1 saturated carbocycles. The van der Waals surface area contributed by atoms with Crippen LogP contribution in [-0.2, 0) is 6.54 Å². The summed E-state index contributed by atoms with van der Waals surface area (Å²) in [7, 11) is 0. The Labute approximate surface area is 111 Å². The molecule has 2 nitrogen and oxygen atoms in total. The maximum Gasteiger partial charge on any atom is 0.120 e. The minimum absolute atomic E-state index is 0.430. The lowest BCUT2D eigenvalue weighted by atomic mass is 9.93. The predicted octanol–water partition coefficient (Wildman–Crippen LogP) is 3.94. The lowest BCUT2D eigenvalue weighted by Gasteiger charge is -2.37. The first-order chi connectivity index (χ1) is 8.68. The molecule has 1 aliphatic carbocycles. The first-order valence-corrected chi connectivity index (χ1v) is 7.21. The molecule has 0 heterocycles. The summed E-state index contributed by atoms with van der Waals surface area (Å²) in [5.74, 6) is 0.430. The Morgan fingerprint density at radius 3 is 2.44 bits per heavy atom. The zero-order valence-corrected chi connectivity index (χ0v) is 11.6.